The molecule has 0 aromatic heterocycles. The Labute approximate surface area is 41.9 Å². The number of rotatable bonds is 0. The second kappa shape index (κ2) is 21.9. The number of alkyl halides is 2. The van der Waals surface area contributed by atoms with E-state index in [1.165, 1.54) is 0 Å². The quantitative estimate of drug-likeness (QED) is 0.329. The van der Waals surface area contributed by atoms with Crippen LogP contribution in [0.3, 0.4) is 0 Å². The van der Waals surface area contributed by atoms with Crippen molar-refractivity contribution in [3.8, 4) is 0 Å². The third kappa shape index (κ3) is 415. The second-order valence-electron chi connectivity index (χ2n) is 0.351. The first-order chi connectivity index (χ1) is 2.83. The second-order valence-corrected chi connectivity index (χ2v) is 0.553. The van der Waals surface area contributed by atoms with Gasteiger partial charge in [-0.2, -0.15) is 0 Å². The SMILES string of the molecule is C=C=C.FCCl. The van der Waals surface area contributed by atoms with Crippen molar-refractivity contribution in [3.05, 3.63) is 18.9 Å². The Bertz CT molecular complexity index is 36.8. The molecule has 0 N–H and O–H groups in total. The average Bonchev–Trinajstić information content (AvgIpc) is 1.39. The van der Waals surface area contributed by atoms with Crippen molar-refractivity contribution in [1.82, 2.24) is 0 Å². The molecule has 0 aliphatic heterocycles. The lowest BCUT2D eigenvalue weighted by Crippen LogP contribution is -1.29. The predicted molar refractivity (Wildman–Crippen MR) is 26.6 cm³/mol. The van der Waals surface area contributed by atoms with E-state index >= 15 is 0 Å². The highest BCUT2D eigenvalue weighted by atomic mass is 35.5. The topological polar surface area (TPSA) is 0 Å². The van der Waals surface area contributed by atoms with Gasteiger partial charge in [0, 0.05) is 0 Å². The summed E-state index contributed by atoms with van der Waals surface area (Å²) in [5.41, 5.74) is 2.25. The molecule has 0 fully saturated rings. The van der Waals surface area contributed by atoms with E-state index < -0.39 is 6.13 Å². The summed E-state index contributed by atoms with van der Waals surface area (Å²) in [7, 11) is 0. The largest absolute Gasteiger partial charge is 0.234 e. The van der Waals surface area contributed by atoms with E-state index in [0.29, 0.717) is 0 Å². The Hall–Kier alpha value is -0.260. The van der Waals surface area contributed by atoms with Gasteiger partial charge in [0.25, 0.3) is 0 Å². The van der Waals surface area contributed by atoms with E-state index in [0.717, 1.165) is 0 Å². The molecule has 0 nitrogen and oxygen atoms in total. The summed E-state index contributed by atoms with van der Waals surface area (Å²) in [6, 6.07) is 0. The molecule has 0 rings (SSSR count). The molecule has 0 aliphatic rings. The molecule has 0 aromatic carbocycles. The molecule has 2 heteroatoms. The fourth-order valence-electron chi connectivity index (χ4n) is 0. The highest BCUT2D eigenvalue weighted by Gasteiger charge is 1.43. The van der Waals surface area contributed by atoms with Crippen LogP contribution in [0.5, 0.6) is 0 Å². The smallest absolute Gasteiger partial charge is 0.163 e. The highest BCUT2D eigenvalue weighted by molar-refractivity contribution is 6.16. The van der Waals surface area contributed by atoms with Crippen LogP contribution < -0.4 is 0 Å². The van der Waals surface area contributed by atoms with Gasteiger partial charge in [-0.1, -0.05) is 24.8 Å². The van der Waals surface area contributed by atoms with Gasteiger partial charge in [-0.3, -0.25) is 0 Å². The maximum absolute atomic E-state index is 10.1. The first kappa shape index (κ1) is 9.22. The molecule has 0 saturated carbocycles. The average molecular weight is 109 g/mol. The first-order valence-corrected chi connectivity index (χ1v) is 1.78. The Kier molecular flexibility index (Phi) is 33.7. The summed E-state index contributed by atoms with van der Waals surface area (Å²) in [6.07, 6.45) is -0.778. The molecule has 0 unspecified atom stereocenters. The zero-order valence-electron chi connectivity index (χ0n) is 3.38. The van der Waals surface area contributed by atoms with Gasteiger partial charge in [-0.25, -0.2) is 4.39 Å². The Balaban J connectivity index is 0. The summed E-state index contributed by atoms with van der Waals surface area (Å²) < 4.78 is 10.1. The fraction of sp³-hybridized carbons (Fsp3) is 0.250. The van der Waals surface area contributed by atoms with E-state index in [1.807, 2.05) is 0 Å². The molecule has 0 aromatic rings. The van der Waals surface area contributed by atoms with Crippen LogP contribution in [0.25, 0.3) is 0 Å². The van der Waals surface area contributed by atoms with Gasteiger partial charge in [-0.15, -0.1) is 5.73 Å². The van der Waals surface area contributed by atoms with E-state index in [2.05, 4.69) is 30.5 Å². The minimum Gasteiger partial charge on any atom is -0.234 e. The van der Waals surface area contributed by atoms with Gasteiger partial charge < -0.3 is 0 Å². The van der Waals surface area contributed by atoms with Crippen molar-refractivity contribution in [3.63, 3.8) is 0 Å². The van der Waals surface area contributed by atoms with Crippen molar-refractivity contribution in [1.29, 1.82) is 0 Å². The van der Waals surface area contributed by atoms with Gasteiger partial charge in [0.1, 0.15) is 0 Å². The maximum Gasteiger partial charge on any atom is 0.163 e. The van der Waals surface area contributed by atoms with Crippen LogP contribution in [-0.4, -0.2) is 6.13 Å². The lowest BCUT2D eigenvalue weighted by atomic mass is 11.0. The lowest BCUT2D eigenvalue weighted by molar-refractivity contribution is 0.599. The zero-order valence-corrected chi connectivity index (χ0v) is 4.13. The van der Waals surface area contributed by atoms with Crippen LogP contribution in [0, 0.1) is 0 Å². The van der Waals surface area contributed by atoms with Crippen LogP contribution in [0.2, 0.25) is 0 Å². The Morgan fingerprint density at radius 3 is 1.67 bits per heavy atom. The summed E-state index contributed by atoms with van der Waals surface area (Å²) >= 11 is 4.33. The number of hydrogen-bond acceptors (Lipinski definition) is 0. The van der Waals surface area contributed by atoms with Crippen molar-refractivity contribution < 1.29 is 4.39 Å². The van der Waals surface area contributed by atoms with E-state index in [1.54, 1.807) is 0 Å². The monoisotopic (exact) mass is 108 g/mol. The van der Waals surface area contributed by atoms with Crippen molar-refractivity contribution in [2.45, 2.75) is 0 Å². The maximum atomic E-state index is 10.1. The minimum absolute atomic E-state index is 0.778. The van der Waals surface area contributed by atoms with E-state index in [9.17, 15) is 4.39 Å². The van der Waals surface area contributed by atoms with Gasteiger partial charge in [0.15, 0.2) is 6.13 Å². The highest BCUT2D eigenvalue weighted by Crippen LogP contribution is 1.65. The summed E-state index contributed by atoms with van der Waals surface area (Å²) in [6.45, 7) is 6.25. The standard InChI is InChI=1S/C3H4.CH2ClF/c1-3-2;2-1-3/h1-2H2;1H2. The van der Waals surface area contributed by atoms with E-state index in [4.69, 9.17) is 0 Å². The number of halogens is 2. The van der Waals surface area contributed by atoms with Crippen molar-refractivity contribution in [2.24, 2.45) is 0 Å². The first-order valence-electron chi connectivity index (χ1n) is 1.24. The number of hydrogen-bond donors (Lipinski definition) is 0. The lowest BCUT2D eigenvalue weighted by Gasteiger charge is -1.42. The van der Waals surface area contributed by atoms with E-state index in [-0.39, 0.29) is 0 Å². The van der Waals surface area contributed by atoms with Crippen LogP contribution in [0.15, 0.2) is 18.9 Å². The Morgan fingerprint density at radius 1 is 1.67 bits per heavy atom. The van der Waals surface area contributed by atoms with Crippen LogP contribution >= 0.6 is 11.6 Å². The molecular weight excluding hydrogens is 102 g/mol. The Morgan fingerprint density at radius 2 is 1.67 bits per heavy atom. The van der Waals surface area contributed by atoms with Gasteiger partial charge >= 0.3 is 0 Å². The normalized spacial score (nSPS) is 4.33. The molecule has 0 heterocycles. The van der Waals surface area contributed by atoms with Gasteiger partial charge in [0.05, 0.1) is 0 Å². The zero-order chi connectivity index (χ0) is 5.41. The summed E-state index contributed by atoms with van der Waals surface area (Å²) in [5, 5.41) is 0. The molecule has 0 aliphatic carbocycles. The molecule has 0 atom stereocenters. The molecule has 0 amide bonds. The van der Waals surface area contributed by atoms with Crippen LogP contribution in [0.1, 0.15) is 0 Å². The molecule has 0 saturated heterocycles. The van der Waals surface area contributed by atoms with Crippen molar-refractivity contribution >= 4 is 11.6 Å². The van der Waals surface area contributed by atoms with Crippen LogP contribution in [0.4, 0.5) is 4.39 Å². The molecule has 0 radical (unpaired) electrons. The van der Waals surface area contributed by atoms with Crippen LogP contribution in [-0.2, 0) is 0 Å². The molecule has 36 valence electrons. The molecule has 0 bridgehead atoms. The predicted octanol–water partition coefficient (Wildman–Crippen LogP) is 2.11. The van der Waals surface area contributed by atoms with Gasteiger partial charge in [0.2, 0.25) is 0 Å². The third-order valence-corrected chi connectivity index (χ3v) is 0. The fourth-order valence-corrected chi connectivity index (χ4v) is 0. The van der Waals surface area contributed by atoms with Gasteiger partial charge in [-0.05, 0) is 0 Å². The third-order valence-electron chi connectivity index (χ3n) is 0. The summed E-state index contributed by atoms with van der Waals surface area (Å²) in [5.74, 6) is 0. The van der Waals surface area contributed by atoms with Crippen molar-refractivity contribution in [2.75, 3.05) is 6.13 Å². The molecular formula is C4H6ClF. The summed E-state index contributed by atoms with van der Waals surface area (Å²) in [4.78, 5) is 0. The molecule has 6 heavy (non-hydrogen) atoms. The molecule has 0 spiro atoms. The minimum atomic E-state index is -0.778.